The molecule has 1 unspecified atom stereocenters. The van der Waals surface area contributed by atoms with Crippen LogP contribution in [0.2, 0.25) is 0 Å². The number of methoxy groups -OCH3 is 1. The van der Waals surface area contributed by atoms with Gasteiger partial charge in [0.15, 0.2) is 0 Å². The predicted molar refractivity (Wildman–Crippen MR) is 113 cm³/mol. The number of carbonyl (C=O) groups is 2. The quantitative estimate of drug-likeness (QED) is 0.812. The van der Waals surface area contributed by atoms with Gasteiger partial charge in [-0.15, -0.1) is 0 Å². The summed E-state index contributed by atoms with van der Waals surface area (Å²) in [6.07, 6.45) is 2.37. The summed E-state index contributed by atoms with van der Waals surface area (Å²) in [7, 11) is 1.65. The lowest BCUT2D eigenvalue weighted by molar-refractivity contribution is 0.0741. The number of carbonyl (C=O) groups excluding carboxylic acids is 2. The Morgan fingerprint density at radius 3 is 2.45 bits per heavy atom. The maximum absolute atomic E-state index is 12.9. The topological polar surface area (TPSA) is 74.8 Å². The van der Waals surface area contributed by atoms with Crippen LogP contribution in [0, 0.1) is 0 Å². The molecule has 7 nitrogen and oxygen atoms in total. The minimum Gasteiger partial charge on any atom is -0.497 e. The largest absolute Gasteiger partial charge is 0.497 e. The lowest BCUT2D eigenvalue weighted by atomic mass is 10.1. The highest BCUT2D eigenvalue weighted by Gasteiger charge is 2.24. The van der Waals surface area contributed by atoms with Crippen LogP contribution >= 0.6 is 0 Å². The highest BCUT2D eigenvalue weighted by Crippen LogP contribution is 2.21. The number of ether oxygens (including phenoxy) is 1. The molecule has 1 fully saturated rings. The Bertz CT molecular complexity index is 845. The van der Waals surface area contributed by atoms with Gasteiger partial charge in [0.2, 0.25) is 0 Å². The van der Waals surface area contributed by atoms with Crippen molar-refractivity contribution in [3.63, 3.8) is 0 Å². The summed E-state index contributed by atoms with van der Waals surface area (Å²) in [5.41, 5.74) is 1.87. The fraction of sp³-hybridized carbons (Fsp3) is 0.409. The summed E-state index contributed by atoms with van der Waals surface area (Å²) >= 11 is 0. The van der Waals surface area contributed by atoms with E-state index in [1.165, 1.54) is 6.20 Å². The lowest BCUT2D eigenvalue weighted by Crippen LogP contribution is -2.49. The predicted octanol–water partition coefficient (Wildman–Crippen LogP) is 2.58. The fourth-order valence-electron chi connectivity index (χ4n) is 3.22. The van der Waals surface area contributed by atoms with Crippen LogP contribution in [0.5, 0.6) is 5.75 Å². The maximum atomic E-state index is 12.9. The molecule has 1 aliphatic heterocycles. The van der Waals surface area contributed by atoms with Gasteiger partial charge in [-0.3, -0.25) is 14.6 Å². The van der Waals surface area contributed by atoms with E-state index in [1.54, 1.807) is 24.1 Å². The van der Waals surface area contributed by atoms with Gasteiger partial charge in [-0.05, 0) is 49.7 Å². The molecule has 0 radical (unpaired) electrons. The van der Waals surface area contributed by atoms with Gasteiger partial charge in [0.25, 0.3) is 11.8 Å². The monoisotopic (exact) mass is 396 g/mol. The molecule has 7 heteroatoms. The number of nitrogens with zero attached hydrogens (tertiary/aromatic N) is 3. The normalized spacial score (nSPS) is 15.0. The standard InChI is InChI=1S/C22H28N4O3/c1-4-16(2)24-21(27)17-9-10-23-20(15-17)22(28)26-13-11-25(12-14-26)18-5-7-19(29-3)8-6-18/h5-10,15-16H,4,11-14H2,1-3H3,(H,24,27). The minimum absolute atomic E-state index is 0.0841. The van der Waals surface area contributed by atoms with E-state index < -0.39 is 0 Å². The number of benzene rings is 1. The van der Waals surface area contributed by atoms with Crippen LogP contribution in [-0.4, -0.2) is 61.0 Å². The molecule has 3 rings (SSSR count). The van der Waals surface area contributed by atoms with Crippen LogP contribution in [0.4, 0.5) is 5.69 Å². The summed E-state index contributed by atoms with van der Waals surface area (Å²) in [5, 5.41) is 2.92. The van der Waals surface area contributed by atoms with E-state index in [0.29, 0.717) is 24.3 Å². The number of pyridine rings is 1. The number of amides is 2. The Balaban J connectivity index is 1.61. The molecule has 29 heavy (non-hydrogen) atoms. The van der Waals surface area contributed by atoms with Gasteiger partial charge < -0.3 is 19.9 Å². The van der Waals surface area contributed by atoms with Gasteiger partial charge in [0.05, 0.1) is 7.11 Å². The number of aromatic nitrogens is 1. The second-order valence-electron chi connectivity index (χ2n) is 7.19. The van der Waals surface area contributed by atoms with Gasteiger partial charge in [-0.2, -0.15) is 0 Å². The Hall–Kier alpha value is -3.09. The molecule has 1 N–H and O–H groups in total. The summed E-state index contributed by atoms with van der Waals surface area (Å²) in [6, 6.07) is 11.2. The van der Waals surface area contributed by atoms with Gasteiger partial charge in [0, 0.05) is 49.7 Å². The van der Waals surface area contributed by atoms with Crippen molar-refractivity contribution in [2.75, 3.05) is 38.2 Å². The molecular weight excluding hydrogens is 368 g/mol. The molecule has 2 aromatic rings. The Kier molecular flexibility index (Phi) is 6.69. The zero-order chi connectivity index (χ0) is 20.8. The Labute approximate surface area is 171 Å². The summed E-state index contributed by atoms with van der Waals surface area (Å²) < 4.78 is 5.20. The van der Waals surface area contributed by atoms with E-state index in [1.807, 2.05) is 38.1 Å². The molecule has 0 aliphatic carbocycles. The van der Waals surface area contributed by atoms with E-state index in [0.717, 1.165) is 30.9 Å². The zero-order valence-electron chi connectivity index (χ0n) is 17.2. The smallest absolute Gasteiger partial charge is 0.272 e. The molecule has 1 saturated heterocycles. The van der Waals surface area contributed by atoms with Crippen LogP contribution in [0.25, 0.3) is 0 Å². The number of piperazine rings is 1. The first-order valence-corrected chi connectivity index (χ1v) is 9.97. The second kappa shape index (κ2) is 9.41. The van der Waals surface area contributed by atoms with Gasteiger partial charge in [-0.1, -0.05) is 6.92 Å². The maximum Gasteiger partial charge on any atom is 0.272 e. The molecular formula is C22H28N4O3. The third-order valence-electron chi connectivity index (χ3n) is 5.24. The molecule has 1 atom stereocenters. The molecule has 0 saturated carbocycles. The SMILES string of the molecule is CCC(C)NC(=O)c1ccnc(C(=O)N2CCN(c3ccc(OC)cc3)CC2)c1. The minimum atomic E-state index is -0.180. The third kappa shape index (κ3) is 5.04. The molecule has 0 bridgehead atoms. The van der Waals surface area contributed by atoms with E-state index in [9.17, 15) is 9.59 Å². The van der Waals surface area contributed by atoms with Crippen molar-refractivity contribution >= 4 is 17.5 Å². The highest BCUT2D eigenvalue weighted by molar-refractivity contribution is 5.98. The highest BCUT2D eigenvalue weighted by atomic mass is 16.5. The summed E-state index contributed by atoms with van der Waals surface area (Å²) in [6.45, 7) is 6.66. The number of hydrogen-bond donors (Lipinski definition) is 1. The average Bonchev–Trinajstić information content (AvgIpc) is 2.78. The molecule has 1 aliphatic rings. The second-order valence-corrected chi connectivity index (χ2v) is 7.19. The van der Waals surface area contributed by atoms with Crippen LogP contribution in [-0.2, 0) is 0 Å². The average molecular weight is 396 g/mol. The number of anilines is 1. The number of rotatable bonds is 6. The van der Waals surface area contributed by atoms with Crippen molar-refractivity contribution in [3.8, 4) is 5.75 Å². The van der Waals surface area contributed by atoms with Crippen molar-refractivity contribution in [3.05, 3.63) is 53.9 Å². The van der Waals surface area contributed by atoms with Crippen LogP contribution in [0.1, 0.15) is 41.1 Å². The number of hydrogen-bond acceptors (Lipinski definition) is 5. The number of nitrogens with one attached hydrogen (secondary N) is 1. The van der Waals surface area contributed by atoms with Crippen LogP contribution in [0.15, 0.2) is 42.6 Å². The lowest BCUT2D eigenvalue weighted by Gasteiger charge is -2.36. The molecule has 154 valence electrons. The van der Waals surface area contributed by atoms with Crippen LogP contribution in [0.3, 0.4) is 0 Å². The third-order valence-corrected chi connectivity index (χ3v) is 5.24. The first-order valence-electron chi connectivity index (χ1n) is 9.97. The van der Waals surface area contributed by atoms with Crippen molar-refractivity contribution in [1.82, 2.24) is 15.2 Å². The fourth-order valence-corrected chi connectivity index (χ4v) is 3.22. The Morgan fingerprint density at radius 2 is 1.83 bits per heavy atom. The summed E-state index contributed by atoms with van der Waals surface area (Å²) in [5.74, 6) is 0.503. The van der Waals surface area contributed by atoms with Crippen molar-refractivity contribution in [1.29, 1.82) is 0 Å². The van der Waals surface area contributed by atoms with Crippen LogP contribution < -0.4 is 15.0 Å². The van der Waals surface area contributed by atoms with E-state index >= 15 is 0 Å². The molecule has 0 spiro atoms. The summed E-state index contributed by atoms with van der Waals surface area (Å²) in [4.78, 5) is 33.4. The van der Waals surface area contributed by atoms with Gasteiger partial charge >= 0.3 is 0 Å². The van der Waals surface area contributed by atoms with E-state index in [-0.39, 0.29) is 17.9 Å². The Morgan fingerprint density at radius 1 is 1.14 bits per heavy atom. The molecule has 1 aromatic carbocycles. The van der Waals surface area contributed by atoms with E-state index in [4.69, 9.17) is 4.74 Å². The van der Waals surface area contributed by atoms with Crippen molar-refractivity contribution in [2.24, 2.45) is 0 Å². The van der Waals surface area contributed by atoms with Crippen molar-refractivity contribution in [2.45, 2.75) is 26.3 Å². The van der Waals surface area contributed by atoms with E-state index in [2.05, 4.69) is 15.2 Å². The first kappa shape index (κ1) is 20.6. The molecule has 2 heterocycles. The molecule has 1 aromatic heterocycles. The first-order chi connectivity index (χ1) is 14.0. The van der Waals surface area contributed by atoms with Gasteiger partial charge in [0.1, 0.15) is 11.4 Å². The van der Waals surface area contributed by atoms with Crippen molar-refractivity contribution < 1.29 is 14.3 Å². The van der Waals surface area contributed by atoms with Gasteiger partial charge in [-0.25, -0.2) is 0 Å². The zero-order valence-corrected chi connectivity index (χ0v) is 17.2. The molecule has 2 amide bonds.